The number of ether oxygens (including phenoxy) is 1. The average molecular weight is 263 g/mol. The van der Waals surface area contributed by atoms with Crippen LogP contribution in [-0.2, 0) is 0 Å². The first-order valence-corrected chi connectivity index (χ1v) is 7.19. The Hall–Kier alpha value is -1.20. The Kier molecular flexibility index (Phi) is 3.43. The van der Waals surface area contributed by atoms with Crippen molar-refractivity contribution in [1.29, 1.82) is 0 Å². The molecule has 3 heterocycles. The van der Waals surface area contributed by atoms with E-state index in [9.17, 15) is 0 Å². The minimum absolute atomic E-state index is 0.649. The van der Waals surface area contributed by atoms with Crippen molar-refractivity contribution in [3.05, 3.63) is 17.3 Å². The predicted octanol–water partition coefficient (Wildman–Crippen LogP) is 2.38. The minimum atomic E-state index is 0.649. The Bertz CT molecular complexity index is 534. The van der Waals surface area contributed by atoms with Gasteiger partial charge in [-0.3, -0.25) is 0 Å². The zero-order valence-corrected chi connectivity index (χ0v) is 11.3. The highest BCUT2D eigenvalue weighted by molar-refractivity contribution is 7.18. The fourth-order valence-electron chi connectivity index (χ4n) is 2.31. The average Bonchev–Trinajstić information content (AvgIpc) is 2.78. The topological polar surface area (TPSA) is 47.0 Å². The van der Waals surface area contributed by atoms with Gasteiger partial charge in [-0.05, 0) is 44.8 Å². The Balaban J connectivity index is 1.73. The molecule has 0 bridgehead atoms. The number of thiophene rings is 1. The second kappa shape index (κ2) is 5.20. The summed E-state index contributed by atoms with van der Waals surface area (Å²) in [4.78, 5) is 10.8. The quantitative estimate of drug-likeness (QED) is 0.923. The van der Waals surface area contributed by atoms with Crippen LogP contribution in [0.5, 0.6) is 5.88 Å². The Morgan fingerprint density at radius 2 is 2.22 bits per heavy atom. The van der Waals surface area contributed by atoms with Crippen LogP contribution in [0.4, 0.5) is 0 Å². The lowest BCUT2D eigenvalue weighted by Gasteiger charge is -2.22. The highest BCUT2D eigenvalue weighted by atomic mass is 32.1. The Morgan fingerprint density at radius 1 is 1.39 bits per heavy atom. The van der Waals surface area contributed by atoms with Crippen LogP contribution in [0.1, 0.15) is 17.7 Å². The van der Waals surface area contributed by atoms with Crippen LogP contribution in [0, 0.1) is 12.8 Å². The molecular formula is C13H17N3OS. The van der Waals surface area contributed by atoms with Gasteiger partial charge in [0, 0.05) is 4.88 Å². The third kappa shape index (κ3) is 2.47. The SMILES string of the molecule is Cc1cc2c(OCC3CCNCC3)ncnc2s1. The maximum Gasteiger partial charge on any atom is 0.225 e. The minimum Gasteiger partial charge on any atom is -0.477 e. The molecule has 0 unspecified atom stereocenters. The maximum absolute atomic E-state index is 5.90. The molecule has 0 aromatic carbocycles. The van der Waals surface area contributed by atoms with E-state index >= 15 is 0 Å². The van der Waals surface area contributed by atoms with Crippen molar-refractivity contribution in [2.24, 2.45) is 5.92 Å². The molecule has 5 heteroatoms. The van der Waals surface area contributed by atoms with Crippen molar-refractivity contribution in [3.8, 4) is 5.88 Å². The van der Waals surface area contributed by atoms with Gasteiger partial charge in [-0.1, -0.05) is 0 Å². The van der Waals surface area contributed by atoms with Gasteiger partial charge < -0.3 is 10.1 Å². The standard InChI is InChI=1S/C13H17N3OS/c1-9-6-11-12(15-8-16-13(11)18-9)17-7-10-2-4-14-5-3-10/h6,8,10,14H,2-5,7H2,1H3. The van der Waals surface area contributed by atoms with Gasteiger partial charge in [-0.2, -0.15) is 0 Å². The van der Waals surface area contributed by atoms with E-state index in [1.807, 2.05) is 0 Å². The molecule has 2 aromatic rings. The molecule has 1 saturated heterocycles. The smallest absolute Gasteiger partial charge is 0.225 e. The van der Waals surface area contributed by atoms with E-state index in [1.165, 1.54) is 17.7 Å². The third-order valence-electron chi connectivity index (χ3n) is 3.33. The van der Waals surface area contributed by atoms with E-state index in [1.54, 1.807) is 17.7 Å². The zero-order valence-electron chi connectivity index (χ0n) is 10.5. The first kappa shape index (κ1) is 11.9. The molecule has 0 saturated carbocycles. The Labute approximate surface area is 110 Å². The van der Waals surface area contributed by atoms with E-state index in [4.69, 9.17) is 4.74 Å². The molecule has 1 aliphatic heterocycles. The summed E-state index contributed by atoms with van der Waals surface area (Å²) in [5, 5.41) is 4.42. The van der Waals surface area contributed by atoms with E-state index in [-0.39, 0.29) is 0 Å². The number of piperidine rings is 1. The second-order valence-corrected chi connectivity index (χ2v) is 5.99. The first-order chi connectivity index (χ1) is 8.83. The van der Waals surface area contributed by atoms with E-state index in [2.05, 4.69) is 28.3 Å². The molecule has 1 aliphatic rings. The fourth-order valence-corrected chi connectivity index (χ4v) is 3.15. The summed E-state index contributed by atoms with van der Waals surface area (Å²) in [7, 11) is 0. The number of aromatic nitrogens is 2. The number of hydrogen-bond donors (Lipinski definition) is 1. The van der Waals surface area contributed by atoms with Crippen LogP contribution >= 0.6 is 11.3 Å². The van der Waals surface area contributed by atoms with Gasteiger partial charge in [0.05, 0.1) is 12.0 Å². The van der Waals surface area contributed by atoms with Crippen LogP contribution < -0.4 is 10.1 Å². The number of nitrogens with one attached hydrogen (secondary N) is 1. The molecule has 96 valence electrons. The fraction of sp³-hybridized carbons (Fsp3) is 0.538. The van der Waals surface area contributed by atoms with Gasteiger partial charge in [0.2, 0.25) is 5.88 Å². The summed E-state index contributed by atoms with van der Waals surface area (Å²) in [5.74, 6) is 1.39. The molecule has 0 atom stereocenters. The molecular weight excluding hydrogens is 246 g/mol. The Morgan fingerprint density at radius 3 is 3.06 bits per heavy atom. The third-order valence-corrected chi connectivity index (χ3v) is 4.29. The summed E-state index contributed by atoms with van der Waals surface area (Å²) in [5.41, 5.74) is 0. The molecule has 1 fully saturated rings. The maximum atomic E-state index is 5.90. The molecule has 3 rings (SSSR count). The zero-order chi connectivity index (χ0) is 12.4. The predicted molar refractivity (Wildman–Crippen MR) is 73.2 cm³/mol. The number of rotatable bonds is 3. The van der Waals surface area contributed by atoms with Crippen LogP contribution in [0.25, 0.3) is 10.2 Å². The van der Waals surface area contributed by atoms with Crippen molar-refractivity contribution < 1.29 is 4.74 Å². The van der Waals surface area contributed by atoms with Gasteiger partial charge in [0.1, 0.15) is 11.2 Å². The molecule has 0 amide bonds. The molecule has 4 nitrogen and oxygen atoms in total. The summed E-state index contributed by atoms with van der Waals surface area (Å²) in [6.45, 7) is 5.06. The van der Waals surface area contributed by atoms with Gasteiger partial charge in [-0.25, -0.2) is 9.97 Å². The van der Waals surface area contributed by atoms with Gasteiger partial charge in [0.15, 0.2) is 0 Å². The lowest BCUT2D eigenvalue weighted by atomic mass is 9.99. The number of aryl methyl sites for hydroxylation is 1. The van der Waals surface area contributed by atoms with E-state index in [0.29, 0.717) is 5.92 Å². The molecule has 0 radical (unpaired) electrons. The van der Waals surface area contributed by atoms with Gasteiger partial charge in [0.25, 0.3) is 0 Å². The van der Waals surface area contributed by atoms with Crippen LogP contribution in [0.3, 0.4) is 0 Å². The summed E-state index contributed by atoms with van der Waals surface area (Å²) in [6.07, 6.45) is 3.98. The van der Waals surface area contributed by atoms with E-state index < -0.39 is 0 Å². The van der Waals surface area contributed by atoms with Crippen molar-refractivity contribution >= 4 is 21.6 Å². The molecule has 0 aliphatic carbocycles. The van der Waals surface area contributed by atoms with E-state index in [0.717, 1.165) is 35.8 Å². The summed E-state index contributed by atoms with van der Waals surface area (Å²) >= 11 is 1.69. The highest BCUT2D eigenvalue weighted by Crippen LogP contribution is 2.29. The monoisotopic (exact) mass is 263 g/mol. The number of nitrogens with zero attached hydrogens (tertiary/aromatic N) is 2. The largest absolute Gasteiger partial charge is 0.477 e. The lowest BCUT2D eigenvalue weighted by molar-refractivity contribution is 0.211. The second-order valence-electron chi connectivity index (χ2n) is 4.76. The van der Waals surface area contributed by atoms with Crippen molar-refractivity contribution in [2.45, 2.75) is 19.8 Å². The molecule has 18 heavy (non-hydrogen) atoms. The van der Waals surface area contributed by atoms with Crippen molar-refractivity contribution in [3.63, 3.8) is 0 Å². The van der Waals surface area contributed by atoms with Crippen molar-refractivity contribution in [1.82, 2.24) is 15.3 Å². The number of fused-ring (bicyclic) bond motifs is 1. The van der Waals surface area contributed by atoms with Crippen LogP contribution in [0.15, 0.2) is 12.4 Å². The highest BCUT2D eigenvalue weighted by Gasteiger charge is 2.15. The van der Waals surface area contributed by atoms with Gasteiger partial charge in [-0.15, -0.1) is 11.3 Å². The molecule has 0 spiro atoms. The lowest BCUT2D eigenvalue weighted by Crippen LogP contribution is -2.30. The number of hydrogen-bond acceptors (Lipinski definition) is 5. The summed E-state index contributed by atoms with van der Waals surface area (Å²) < 4.78 is 5.90. The first-order valence-electron chi connectivity index (χ1n) is 6.37. The molecule has 1 N–H and O–H groups in total. The van der Waals surface area contributed by atoms with Crippen LogP contribution in [0.2, 0.25) is 0 Å². The molecule has 2 aromatic heterocycles. The van der Waals surface area contributed by atoms with Crippen LogP contribution in [-0.4, -0.2) is 29.7 Å². The summed E-state index contributed by atoms with van der Waals surface area (Å²) in [6, 6.07) is 2.11. The van der Waals surface area contributed by atoms with Gasteiger partial charge >= 0.3 is 0 Å². The van der Waals surface area contributed by atoms with Crippen molar-refractivity contribution in [2.75, 3.05) is 19.7 Å². The normalized spacial score (nSPS) is 17.2.